The van der Waals surface area contributed by atoms with Crippen LogP contribution in [0, 0.1) is 5.92 Å². The van der Waals surface area contributed by atoms with Gasteiger partial charge in [-0.25, -0.2) is 13.9 Å². The zero-order valence-electron chi connectivity index (χ0n) is 17.2. The molecule has 3 aromatic rings. The van der Waals surface area contributed by atoms with Gasteiger partial charge in [-0.15, -0.1) is 0 Å². The van der Waals surface area contributed by atoms with Gasteiger partial charge < -0.3 is 10.1 Å². The van der Waals surface area contributed by atoms with Crippen LogP contribution in [0.5, 0.6) is 0 Å². The summed E-state index contributed by atoms with van der Waals surface area (Å²) in [7, 11) is 0. The van der Waals surface area contributed by atoms with E-state index in [0.717, 1.165) is 0 Å². The summed E-state index contributed by atoms with van der Waals surface area (Å²) in [6.45, 7) is 5.79. The molecule has 0 aliphatic carbocycles. The van der Waals surface area contributed by atoms with E-state index in [0.29, 0.717) is 29.0 Å². The zero-order chi connectivity index (χ0) is 21.3. The molecule has 1 saturated heterocycles. The van der Waals surface area contributed by atoms with E-state index in [9.17, 15) is 4.79 Å². The number of amides is 1. The quantitative estimate of drug-likeness (QED) is 0.619. The number of carbonyl (C=O) groups is 1. The summed E-state index contributed by atoms with van der Waals surface area (Å²) in [5, 5.41) is 7.11. The van der Waals surface area contributed by atoms with Gasteiger partial charge in [0.15, 0.2) is 5.82 Å². The summed E-state index contributed by atoms with van der Waals surface area (Å²) in [6, 6.07) is 12.5. The Morgan fingerprint density at radius 1 is 1.30 bits per heavy atom. The maximum atomic E-state index is 15.3. The number of nitrogens with zero attached hydrogens (tertiary/aromatic N) is 3. The van der Waals surface area contributed by atoms with E-state index in [1.54, 1.807) is 40.9 Å². The van der Waals surface area contributed by atoms with Crippen molar-refractivity contribution < 1.29 is 13.9 Å². The van der Waals surface area contributed by atoms with Crippen LogP contribution in [0.25, 0.3) is 5.52 Å². The fourth-order valence-electron chi connectivity index (χ4n) is 4.20. The van der Waals surface area contributed by atoms with E-state index in [2.05, 4.69) is 15.4 Å². The molecule has 4 atom stereocenters. The molecule has 1 aromatic carbocycles. The SMILES string of the molecule is C/C=C/[C@]1(CC)O[C@@H](c2ccc3c(NC(=O)c4ccccc4)ncnn23)[C@H](F)[C@@H]1C. The van der Waals surface area contributed by atoms with Crippen LogP contribution < -0.4 is 5.32 Å². The third kappa shape index (κ3) is 3.29. The molecule has 1 aliphatic heterocycles. The van der Waals surface area contributed by atoms with Gasteiger partial charge in [0.05, 0.1) is 11.3 Å². The van der Waals surface area contributed by atoms with E-state index in [1.165, 1.54) is 6.33 Å². The molecule has 6 nitrogen and oxygen atoms in total. The van der Waals surface area contributed by atoms with Crippen molar-refractivity contribution in [2.45, 2.75) is 45.1 Å². The van der Waals surface area contributed by atoms with Gasteiger partial charge >= 0.3 is 0 Å². The minimum atomic E-state index is -1.18. The molecule has 0 spiro atoms. The molecular weight excluding hydrogens is 383 g/mol. The Morgan fingerprint density at radius 2 is 2.07 bits per heavy atom. The molecule has 4 rings (SSSR count). The van der Waals surface area contributed by atoms with Gasteiger partial charge in [0.25, 0.3) is 5.91 Å². The van der Waals surface area contributed by atoms with Crippen molar-refractivity contribution in [2.24, 2.45) is 5.92 Å². The standard InChI is InChI=1S/C23H25FN4O2/c1-4-13-23(5-2)15(3)19(24)20(30-23)17-11-12-18-21(25-14-26-28(17)18)27-22(29)16-9-7-6-8-10-16/h4,6-15,19-20H,5H2,1-3H3,(H,25,26,27,29)/b13-4+/t15-,19+,20-,23-/m0/s1. The van der Waals surface area contributed by atoms with Crippen molar-refractivity contribution in [1.82, 2.24) is 14.6 Å². The molecule has 2 aromatic heterocycles. The highest BCUT2D eigenvalue weighted by Crippen LogP contribution is 2.48. The molecular formula is C23H25FN4O2. The summed E-state index contributed by atoms with van der Waals surface area (Å²) < 4.78 is 23.2. The number of ether oxygens (including phenoxy) is 1. The number of hydrogen-bond acceptors (Lipinski definition) is 4. The summed E-state index contributed by atoms with van der Waals surface area (Å²) >= 11 is 0. The molecule has 0 saturated carbocycles. The maximum absolute atomic E-state index is 15.3. The highest BCUT2D eigenvalue weighted by atomic mass is 19.1. The zero-order valence-corrected chi connectivity index (χ0v) is 17.2. The Hall–Kier alpha value is -3.06. The molecule has 0 bridgehead atoms. The normalized spacial score (nSPS) is 26.5. The van der Waals surface area contributed by atoms with Gasteiger partial charge in [0.2, 0.25) is 0 Å². The van der Waals surface area contributed by atoms with Gasteiger partial charge in [-0.05, 0) is 37.6 Å². The van der Waals surface area contributed by atoms with Gasteiger partial charge in [-0.2, -0.15) is 5.10 Å². The first-order valence-electron chi connectivity index (χ1n) is 10.2. The highest BCUT2D eigenvalue weighted by molar-refractivity contribution is 6.05. The van der Waals surface area contributed by atoms with Crippen molar-refractivity contribution in [3.05, 3.63) is 72.2 Å². The smallest absolute Gasteiger partial charge is 0.256 e. The molecule has 1 aliphatic rings. The fourth-order valence-corrected chi connectivity index (χ4v) is 4.20. The van der Waals surface area contributed by atoms with Crippen molar-refractivity contribution >= 4 is 17.2 Å². The molecule has 7 heteroatoms. The third-order valence-electron chi connectivity index (χ3n) is 5.93. The van der Waals surface area contributed by atoms with Gasteiger partial charge in [0.1, 0.15) is 24.1 Å². The van der Waals surface area contributed by atoms with E-state index < -0.39 is 17.9 Å². The highest BCUT2D eigenvalue weighted by Gasteiger charge is 2.52. The summed E-state index contributed by atoms with van der Waals surface area (Å²) in [6.07, 6.45) is 3.93. The number of alkyl halides is 1. The number of rotatable bonds is 5. The van der Waals surface area contributed by atoms with Crippen LogP contribution in [0.2, 0.25) is 0 Å². The minimum absolute atomic E-state index is 0.272. The van der Waals surface area contributed by atoms with Gasteiger partial charge in [0, 0.05) is 11.5 Å². The molecule has 1 N–H and O–H groups in total. The van der Waals surface area contributed by atoms with Gasteiger partial charge in [-0.1, -0.05) is 44.2 Å². The monoisotopic (exact) mass is 408 g/mol. The average Bonchev–Trinajstić information content (AvgIpc) is 3.30. The van der Waals surface area contributed by atoms with E-state index in [1.807, 2.05) is 39.0 Å². The number of anilines is 1. The lowest BCUT2D eigenvalue weighted by Gasteiger charge is -2.28. The number of nitrogens with one attached hydrogen (secondary N) is 1. The fraction of sp³-hybridized carbons (Fsp3) is 0.348. The molecule has 0 unspecified atom stereocenters. The Kier molecular flexibility index (Phi) is 5.39. The second-order valence-corrected chi connectivity index (χ2v) is 7.56. The van der Waals surface area contributed by atoms with Gasteiger partial charge in [-0.3, -0.25) is 4.79 Å². The van der Waals surface area contributed by atoms with Crippen LogP contribution in [-0.2, 0) is 4.74 Å². The number of allylic oxidation sites excluding steroid dienone is 1. The predicted molar refractivity (Wildman–Crippen MR) is 113 cm³/mol. The van der Waals surface area contributed by atoms with E-state index in [4.69, 9.17) is 4.74 Å². The Bertz CT molecular complexity index is 1080. The van der Waals surface area contributed by atoms with Crippen molar-refractivity contribution in [2.75, 3.05) is 5.32 Å². The lowest BCUT2D eigenvalue weighted by molar-refractivity contribution is -0.0308. The third-order valence-corrected chi connectivity index (χ3v) is 5.93. The number of carbonyl (C=O) groups excluding carboxylic acids is 1. The van der Waals surface area contributed by atoms with Crippen molar-refractivity contribution in [3.8, 4) is 0 Å². The van der Waals surface area contributed by atoms with Crippen molar-refractivity contribution in [1.29, 1.82) is 0 Å². The first-order valence-corrected chi connectivity index (χ1v) is 10.2. The summed E-state index contributed by atoms with van der Waals surface area (Å²) in [5.41, 5.74) is 1.05. The number of halogens is 1. The Morgan fingerprint density at radius 3 is 2.77 bits per heavy atom. The van der Waals surface area contributed by atoms with Crippen molar-refractivity contribution in [3.63, 3.8) is 0 Å². The second-order valence-electron chi connectivity index (χ2n) is 7.56. The molecule has 3 heterocycles. The molecule has 0 radical (unpaired) electrons. The van der Waals surface area contributed by atoms with Crippen LogP contribution in [0.1, 0.15) is 49.3 Å². The molecule has 1 amide bonds. The lowest BCUT2D eigenvalue weighted by atomic mass is 9.84. The van der Waals surface area contributed by atoms with Crippen LogP contribution in [-0.4, -0.2) is 32.3 Å². The number of hydrogen-bond donors (Lipinski definition) is 1. The maximum Gasteiger partial charge on any atom is 0.256 e. The topological polar surface area (TPSA) is 68.5 Å². The molecule has 156 valence electrons. The van der Waals surface area contributed by atoms with E-state index in [-0.39, 0.29) is 11.8 Å². The Balaban J connectivity index is 1.68. The largest absolute Gasteiger partial charge is 0.358 e. The van der Waals surface area contributed by atoms with Crippen LogP contribution >= 0.6 is 0 Å². The average molecular weight is 408 g/mol. The molecule has 1 fully saturated rings. The Labute approximate surface area is 174 Å². The molecule has 30 heavy (non-hydrogen) atoms. The first kappa shape index (κ1) is 20.2. The second kappa shape index (κ2) is 7.99. The number of fused-ring (bicyclic) bond motifs is 1. The summed E-state index contributed by atoms with van der Waals surface area (Å²) in [4.78, 5) is 16.7. The summed E-state index contributed by atoms with van der Waals surface area (Å²) in [5.74, 6) is -0.207. The lowest BCUT2D eigenvalue weighted by Crippen LogP contribution is -2.32. The minimum Gasteiger partial charge on any atom is -0.358 e. The van der Waals surface area contributed by atoms with Crippen LogP contribution in [0.4, 0.5) is 10.2 Å². The number of benzene rings is 1. The van der Waals surface area contributed by atoms with E-state index >= 15 is 4.39 Å². The predicted octanol–water partition coefficient (Wildman–Crippen LogP) is 4.75. The number of aromatic nitrogens is 3. The van der Waals surface area contributed by atoms with Crippen LogP contribution in [0.15, 0.2) is 60.9 Å². The van der Waals surface area contributed by atoms with Crippen LogP contribution in [0.3, 0.4) is 0 Å². The first-order chi connectivity index (χ1) is 14.5.